The molecule has 5 aliphatic carbocycles. The molecular weight excluding hydrogens is 394 g/mol. The SMILES string of the molecule is CC(C)(C)NC1CCC(N2CCC(n3ccc(C45CC6CC(CC(C6)C4)C5)c3)C2=O)CC1. The van der Waals surface area contributed by atoms with Gasteiger partial charge >= 0.3 is 0 Å². The molecule has 1 aromatic heterocycles. The van der Waals surface area contributed by atoms with E-state index >= 15 is 0 Å². The number of hydrogen-bond donors (Lipinski definition) is 1. The monoisotopic (exact) mass is 437 g/mol. The molecule has 0 aromatic carbocycles. The third kappa shape index (κ3) is 3.75. The lowest BCUT2D eigenvalue weighted by molar-refractivity contribution is -0.133. The van der Waals surface area contributed by atoms with Gasteiger partial charge in [0.25, 0.3) is 0 Å². The average Bonchev–Trinajstić information content (AvgIpc) is 3.34. The minimum atomic E-state index is 0.0306. The van der Waals surface area contributed by atoms with Crippen molar-refractivity contribution in [3.05, 3.63) is 24.0 Å². The van der Waals surface area contributed by atoms with Gasteiger partial charge in [-0.25, -0.2) is 0 Å². The van der Waals surface area contributed by atoms with Gasteiger partial charge in [-0.15, -0.1) is 0 Å². The number of rotatable bonds is 4. The Kier molecular flexibility index (Phi) is 5.06. The van der Waals surface area contributed by atoms with Gasteiger partial charge in [0, 0.05) is 36.6 Å². The van der Waals surface area contributed by atoms with Crippen molar-refractivity contribution in [1.82, 2.24) is 14.8 Å². The molecule has 2 heterocycles. The van der Waals surface area contributed by atoms with Gasteiger partial charge in [0.15, 0.2) is 0 Å². The van der Waals surface area contributed by atoms with E-state index in [0.717, 1.165) is 43.6 Å². The summed E-state index contributed by atoms with van der Waals surface area (Å²) < 4.78 is 2.29. The third-order valence-corrected chi connectivity index (χ3v) is 9.71. The first-order chi connectivity index (χ1) is 15.3. The van der Waals surface area contributed by atoms with Crippen molar-refractivity contribution in [2.75, 3.05) is 6.54 Å². The third-order valence-electron chi connectivity index (χ3n) is 9.71. The van der Waals surface area contributed by atoms with Crippen LogP contribution in [0.2, 0.25) is 0 Å². The summed E-state index contributed by atoms with van der Waals surface area (Å²) in [6.07, 6.45) is 19.0. The lowest BCUT2D eigenvalue weighted by Crippen LogP contribution is -2.48. The van der Waals surface area contributed by atoms with Crippen LogP contribution in [-0.2, 0) is 10.2 Å². The fraction of sp³-hybridized carbons (Fsp3) is 0.821. The number of likely N-dealkylation sites (tertiary alicyclic amines) is 1. The number of carbonyl (C=O) groups is 1. The van der Waals surface area contributed by atoms with E-state index in [4.69, 9.17) is 0 Å². The van der Waals surface area contributed by atoms with E-state index in [1.54, 1.807) is 5.56 Å². The summed E-state index contributed by atoms with van der Waals surface area (Å²) in [4.78, 5) is 15.7. The van der Waals surface area contributed by atoms with Crippen molar-refractivity contribution in [2.24, 2.45) is 17.8 Å². The van der Waals surface area contributed by atoms with Gasteiger partial charge in [-0.05, 0) is 126 Å². The summed E-state index contributed by atoms with van der Waals surface area (Å²) >= 11 is 0. The highest BCUT2D eigenvalue weighted by atomic mass is 16.2. The van der Waals surface area contributed by atoms with E-state index in [1.165, 1.54) is 51.4 Å². The van der Waals surface area contributed by atoms with Crippen LogP contribution < -0.4 is 5.32 Å². The first kappa shape index (κ1) is 21.3. The number of hydrogen-bond acceptors (Lipinski definition) is 2. The van der Waals surface area contributed by atoms with E-state index in [0.29, 0.717) is 23.4 Å². The van der Waals surface area contributed by atoms with Crippen LogP contribution in [0.25, 0.3) is 0 Å². The molecule has 1 aromatic rings. The summed E-state index contributed by atoms with van der Waals surface area (Å²) in [6, 6.07) is 3.46. The highest BCUT2D eigenvalue weighted by Gasteiger charge is 2.52. The van der Waals surface area contributed by atoms with Gasteiger partial charge in [0.05, 0.1) is 0 Å². The number of nitrogens with one attached hydrogen (secondary N) is 1. The Balaban J connectivity index is 1.11. The van der Waals surface area contributed by atoms with E-state index in [2.05, 4.69) is 54.0 Å². The highest BCUT2D eigenvalue weighted by Crippen LogP contribution is 2.60. The smallest absolute Gasteiger partial charge is 0.245 e. The molecule has 4 heteroatoms. The molecule has 1 amide bonds. The van der Waals surface area contributed by atoms with Gasteiger partial charge in [0.1, 0.15) is 6.04 Å². The second kappa shape index (κ2) is 7.61. The lowest BCUT2D eigenvalue weighted by Gasteiger charge is -2.56. The maximum absolute atomic E-state index is 13.5. The van der Waals surface area contributed by atoms with Crippen molar-refractivity contribution in [3.63, 3.8) is 0 Å². The topological polar surface area (TPSA) is 37.3 Å². The molecule has 7 rings (SSSR count). The average molecular weight is 438 g/mol. The summed E-state index contributed by atoms with van der Waals surface area (Å²) in [5.41, 5.74) is 2.16. The normalized spacial score (nSPS) is 41.6. The standard InChI is InChI=1S/C28H43N3O/c1-27(2,3)29-23-4-6-24(7-5-23)31-11-9-25(26(31)32)30-10-8-22(18-30)28-15-19-12-20(16-28)14-21(13-19)17-28/h8,10,18-21,23-25,29H,4-7,9,11-17H2,1-3H3. The Morgan fingerprint density at radius 3 is 2.16 bits per heavy atom. The van der Waals surface area contributed by atoms with Gasteiger partial charge in [-0.2, -0.15) is 0 Å². The van der Waals surface area contributed by atoms with Crippen molar-refractivity contribution >= 4 is 5.91 Å². The molecule has 0 radical (unpaired) electrons. The first-order valence-corrected chi connectivity index (χ1v) is 13.5. The Bertz CT molecular complexity index is 821. The highest BCUT2D eigenvalue weighted by molar-refractivity contribution is 5.83. The maximum atomic E-state index is 13.5. The molecule has 176 valence electrons. The predicted octanol–water partition coefficient (Wildman–Crippen LogP) is 5.43. The molecule has 6 aliphatic rings. The Morgan fingerprint density at radius 2 is 1.56 bits per heavy atom. The van der Waals surface area contributed by atoms with Crippen LogP contribution in [0.5, 0.6) is 0 Å². The van der Waals surface area contributed by atoms with E-state index in [-0.39, 0.29) is 11.6 Å². The quantitative estimate of drug-likeness (QED) is 0.682. The molecule has 0 spiro atoms. The van der Waals surface area contributed by atoms with E-state index < -0.39 is 0 Å². The van der Waals surface area contributed by atoms with Crippen LogP contribution in [0.1, 0.15) is 103 Å². The number of nitrogens with zero attached hydrogens (tertiary/aromatic N) is 2. The minimum absolute atomic E-state index is 0.0306. The van der Waals surface area contributed by atoms with Gasteiger partial charge < -0.3 is 14.8 Å². The van der Waals surface area contributed by atoms with Crippen molar-refractivity contribution in [1.29, 1.82) is 0 Å². The molecule has 4 nitrogen and oxygen atoms in total. The number of carbonyl (C=O) groups excluding carboxylic acids is 1. The summed E-state index contributed by atoms with van der Waals surface area (Å²) in [5.74, 6) is 3.29. The van der Waals surface area contributed by atoms with E-state index in [1.807, 2.05) is 0 Å². The van der Waals surface area contributed by atoms with Gasteiger partial charge in [-0.1, -0.05) is 0 Å². The van der Waals surface area contributed by atoms with Crippen molar-refractivity contribution in [2.45, 2.75) is 120 Å². The Labute approximate surface area is 194 Å². The van der Waals surface area contributed by atoms with Crippen LogP contribution in [0.15, 0.2) is 18.5 Å². The largest absolute Gasteiger partial charge is 0.342 e. The zero-order chi connectivity index (χ0) is 22.1. The summed E-state index contributed by atoms with van der Waals surface area (Å²) in [5, 5.41) is 3.76. The summed E-state index contributed by atoms with van der Waals surface area (Å²) in [7, 11) is 0. The number of aromatic nitrogens is 1. The van der Waals surface area contributed by atoms with Crippen molar-refractivity contribution < 1.29 is 4.79 Å². The summed E-state index contributed by atoms with van der Waals surface area (Å²) in [6.45, 7) is 7.70. The molecule has 4 bridgehead atoms. The molecule has 1 aliphatic heterocycles. The molecule has 5 saturated carbocycles. The maximum Gasteiger partial charge on any atom is 0.245 e. The Hall–Kier alpha value is -1.29. The van der Waals surface area contributed by atoms with Crippen LogP contribution >= 0.6 is 0 Å². The minimum Gasteiger partial charge on any atom is -0.342 e. The van der Waals surface area contributed by atoms with Crippen LogP contribution in [0.4, 0.5) is 0 Å². The second-order valence-electron chi connectivity index (χ2n) is 13.3. The van der Waals surface area contributed by atoms with Crippen LogP contribution in [0.3, 0.4) is 0 Å². The van der Waals surface area contributed by atoms with Crippen LogP contribution in [0, 0.1) is 17.8 Å². The molecule has 1 N–H and O–H groups in total. The van der Waals surface area contributed by atoms with Gasteiger partial charge in [0.2, 0.25) is 5.91 Å². The fourth-order valence-corrected chi connectivity index (χ4v) is 8.85. The molecular formula is C28H43N3O. The zero-order valence-electron chi connectivity index (χ0n) is 20.5. The van der Waals surface area contributed by atoms with Crippen LogP contribution in [-0.4, -0.2) is 39.5 Å². The molecule has 32 heavy (non-hydrogen) atoms. The molecule has 1 unspecified atom stereocenters. The van der Waals surface area contributed by atoms with Crippen molar-refractivity contribution in [3.8, 4) is 0 Å². The first-order valence-electron chi connectivity index (χ1n) is 13.5. The second-order valence-corrected chi connectivity index (χ2v) is 13.3. The number of amides is 1. The fourth-order valence-electron chi connectivity index (χ4n) is 8.85. The lowest BCUT2D eigenvalue weighted by atomic mass is 9.48. The Morgan fingerprint density at radius 1 is 0.938 bits per heavy atom. The predicted molar refractivity (Wildman–Crippen MR) is 129 cm³/mol. The van der Waals surface area contributed by atoms with E-state index in [9.17, 15) is 4.79 Å². The molecule has 1 saturated heterocycles. The zero-order valence-corrected chi connectivity index (χ0v) is 20.5. The molecule has 1 atom stereocenters. The van der Waals surface area contributed by atoms with Gasteiger partial charge in [-0.3, -0.25) is 4.79 Å². The molecule has 6 fully saturated rings.